The Morgan fingerprint density at radius 2 is 1.50 bits per heavy atom. The number of rotatable bonds is 5. The van der Waals surface area contributed by atoms with Crippen molar-refractivity contribution in [3.05, 3.63) is 48.1 Å². The summed E-state index contributed by atoms with van der Waals surface area (Å²) in [4.78, 5) is 4.02. The quantitative estimate of drug-likeness (QED) is 0.388. The lowest BCUT2D eigenvalue weighted by Gasteiger charge is -2.00. The molecule has 20 heavy (non-hydrogen) atoms. The van der Waals surface area contributed by atoms with E-state index in [1.807, 2.05) is 60.8 Å². The molecule has 0 aromatic rings. The topological polar surface area (TPSA) is 12.4 Å². The Hall–Kier alpha value is -1.37. The van der Waals surface area contributed by atoms with Crippen molar-refractivity contribution in [2.45, 2.75) is 61.8 Å². The monoisotopic (exact) mass is 279 g/mol. The summed E-state index contributed by atoms with van der Waals surface area (Å²) in [5.74, 6) is 0. The Kier molecular flexibility index (Phi) is 41.3. The van der Waals surface area contributed by atoms with Crippen LogP contribution < -0.4 is 0 Å². The second kappa shape index (κ2) is 30.6. The molecule has 118 valence electrons. The van der Waals surface area contributed by atoms with Crippen molar-refractivity contribution in [2.24, 2.45) is 4.99 Å². The third kappa shape index (κ3) is 19.0. The van der Waals surface area contributed by atoms with Gasteiger partial charge in [-0.3, -0.25) is 4.99 Å². The minimum atomic E-state index is 1.04. The van der Waals surface area contributed by atoms with Gasteiger partial charge in [-0.1, -0.05) is 85.4 Å². The summed E-state index contributed by atoms with van der Waals surface area (Å²) in [6.45, 7) is 19.8. The van der Waals surface area contributed by atoms with E-state index < -0.39 is 0 Å². The van der Waals surface area contributed by atoms with Gasteiger partial charge in [-0.25, -0.2) is 0 Å². The largest absolute Gasteiger partial charge is 0.296 e. The lowest BCUT2D eigenvalue weighted by molar-refractivity contribution is 1.22. The molecule has 0 aliphatic rings. The predicted molar refractivity (Wildman–Crippen MR) is 99.9 cm³/mol. The molecule has 0 spiro atoms. The Morgan fingerprint density at radius 1 is 1.00 bits per heavy atom. The molecule has 0 aromatic carbocycles. The minimum absolute atomic E-state index is 1.04. The second-order valence-corrected chi connectivity index (χ2v) is 2.80. The maximum atomic E-state index is 4.02. The molecular weight excluding hydrogens is 242 g/mol. The van der Waals surface area contributed by atoms with Gasteiger partial charge in [0.15, 0.2) is 0 Å². The van der Waals surface area contributed by atoms with Gasteiger partial charge in [0.2, 0.25) is 0 Å². The molecule has 0 rings (SSSR count). The zero-order valence-corrected chi connectivity index (χ0v) is 15.3. The van der Waals surface area contributed by atoms with Gasteiger partial charge in [0.1, 0.15) is 0 Å². The lowest BCUT2D eigenvalue weighted by Crippen LogP contribution is -1.88. The molecule has 0 radical (unpaired) electrons. The van der Waals surface area contributed by atoms with Crippen LogP contribution in [0.15, 0.2) is 53.1 Å². The molecule has 1 heteroatoms. The van der Waals surface area contributed by atoms with Crippen LogP contribution in [0.4, 0.5) is 0 Å². The van der Waals surface area contributed by atoms with E-state index >= 15 is 0 Å². The van der Waals surface area contributed by atoms with Gasteiger partial charge in [-0.2, -0.15) is 0 Å². The van der Waals surface area contributed by atoms with E-state index in [-0.39, 0.29) is 0 Å². The highest BCUT2D eigenvalue weighted by molar-refractivity contribution is 5.86. The molecule has 0 aliphatic carbocycles. The molecule has 0 atom stereocenters. The zero-order valence-electron chi connectivity index (χ0n) is 15.3. The summed E-state index contributed by atoms with van der Waals surface area (Å²) in [7, 11) is 1.77. The van der Waals surface area contributed by atoms with Crippen LogP contribution in [0.1, 0.15) is 61.8 Å². The fourth-order valence-corrected chi connectivity index (χ4v) is 1.08. The van der Waals surface area contributed by atoms with Crippen molar-refractivity contribution >= 4 is 6.21 Å². The third-order valence-electron chi connectivity index (χ3n) is 1.74. The van der Waals surface area contributed by atoms with Crippen LogP contribution in [0.25, 0.3) is 0 Å². The molecule has 0 bridgehead atoms. The van der Waals surface area contributed by atoms with Crippen molar-refractivity contribution in [3.63, 3.8) is 0 Å². The lowest BCUT2D eigenvalue weighted by atomic mass is 10.1. The number of allylic oxidation sites excluding steroid dienone is 7. The van der Waals surface area contributed by atoms with Crippen molar-refractivity contribution in [1.82, 2.24) is 0 Å². The maximum Gasteiger partial charge on any atom is 0.0287 e. The fourth-order valence-electron chi connectivity index (χ4n) is 1.08. The van der Waals surface area contributed by atoms with Crippen LogP contribution in [0, 0.1) is 0 Å². The Morgan fingerprint density at radius 3 is 1.80 bits per heavy atom. The summed E-state index contributed by atoms with van der Waals surface area (Å²) >= 11 is 0. The summed E-state index contributed by atoms with van der Waals surface area (Å²) < 4.78 is 0. The van der Waals surface area contributed by atoms with E-state index in [0.717, 1.165) is 12.0 Å². The van der Waals surface area contributed by atoms with Crippen LogP contribution >= 0.6 is 0 Å². The van der Waals surface area contributed by atoms with Crippen LogP contribution in [0.2, 0.25) is 0 Å². The first-order valence-electron chi connectivity index (χ1n) is 7.88. The molecule has 1 nitrogen and oxygen atoms in total. The molecule has 0 unspecified atom stereocenters. The molecule has 0 amide bonds. The van der Waals surface area contributed by atoms with Crippen LogP contribution in [-0.4, -0.2) is 13.3 Å². The van der Waals surface area contributed by atoms with E-state index in [4.69, 9.17) is 0 Å². The second-order valence-electron chi connectivity index (χ2n) is 2.80. The van der Waals surface area contributed by atoms with Crippen molar-refractivity contribution in [1.29, 1.82) is 0 Å². The normalized spacial score (nSPS) is 10.8. The van der Waals surface area contributed by atoms with E-state index in [9.17, 15) is 0 Å². The van der Waals surface area contributed by atoms with Gasteiger partial charge in [-0.05, 0) is 24.5 Å². The van der Waals surface area contributed by atoms with E-state index in [1.54, 1.807) is 13.1 Å². The third-order valence-corrected chi connectivity index (χ3v) is 1.74. The molecule has 0 saturated carbocycles. The smallest absolute Gasteiger partial charge is 0.0287 e. The van der Waals surface area contributed by atoms with Crippen LogP contribution in [0.5, 0.6) is 0 Å². The summed E-state index contributed by atoms with van der Waals surface area (Å²) in [5.41, 5.74) is 2.27. The summed E-state index contributed by atoms with van der Waals surface area (Å²) in [5, 5.41) is 0. The molecule has 0 aliphatic heterocycles. The first-order valence-corrected chi connectivity index (χ1v) is 7.88. The average molecular weight is 280 g/mol. The number of hydrogen-bond acceptors (Lipinski definition) is 1. The molecule has 0 aromatic heterocycles. The number of hydrogen-bond donors (Lipinski definition) is 0. The van der Waals surface area contributed by atoms with Gasteiger partial charge in [0.05, 0.1) is 0 Å². The molecule has 0 saturated heterocycles. The molecule has 0 fully saturated rings. The standard InChI is InChI=1S/C13H19N.3C2H6/c1-5-8-10-12(7-3)13(9-6-2)11-14-4;3*1-2/h6-11H,2,5H2,1,3-4H3;3*1-2H3/b10-8+,12-7-,13-9-,14-11?;;;. The van der Waals surface area contributed by atoms with Gasteiger partial charge in [0.25, 0.3) is 0 Å². The van der Waals surface area contributed by atoms with E-state index in [1.165, 1.54) is 5.57 Å². The molecule has 0 heterocycles. The molecular formula is C19H37N. The first-order chi connectivity index (χ1) is 9.79. The van der Waals surface area contributed by atoms with Gasteiger partial charge >= 0.3 is 0 Å². The van der Waals surface area contributed by atoms with Crippen LogP contribution in [0.3, 0.4) is 0 Å². The highest BCUT2D eigenvalue weighted by Gasteiger charge is 1.95. The summed E-state index contributed by atoms with van der Waals surface area (Å²) in [6.07, 6.45) is 12.9. The zero-order chi connectivity index (χ0) is 16.8. The van der Waals surface area contributed by atoms with Crippen molar-refractivity contribution in [2.75, 3.05) is 7.05 Å². The first kappa shape index (κ1) is 27.1. The molecule has 0 N–H and O–H groups in total. The van der Waals surface area contributed by atoms with Crippen molar-refractivity contribution in [3.8, 4) is 0 Å². The van der Waals surface area contributed by atoms with Crippen molar-refractivity contribution < 1.29 is 0 Å². The Balaban J connectivity index is -0.000000187. The van der Waals surface area contributed by atoms with E-state index in [2.05, 4.69) is 36.7 Å². The van der Waals surface area contributed by atoms with Gasteiger partial charge in [0, 0.05) is 13.3 Å². The van der Waals surface area contributed by atoms with Gasteiger partial charge in [-0.15, -0.1) is 0 Å². The van der Waals surface area contributed by atoms with Gasteiger partial charge < -0.3 is 0 Å². The highest BCUT2D eigenvalue weighted by Crippen LogP contribution is 2.10. The SMILES string of the molecule is C=C\C=C(C=NC)/C(=C\C)/C=C/CC.CC.CC.CC. The fraction of sp³-hybridized carbons (Fsp3) is 0.526. The maximum absolute atomic E-state index is 4.02. The van der Waals surface area contributed by atoms with Crippen LogP contribution in [-0.2, 0) is 0 Å². The predicted octanol–water partition coefficient (Wildman–Crippen LogP) is 6.79. The highest BCUT2D eigenvalue weighted by atomic mass is 14.6. The Bertz CT molecular complexity index is 278. The Labute approximate surface area is 128 Å². The number of aliphatic imine (C=N–C) groups is 1. The minimum Gasteiger partial charge on any atom is -0.296 e. The number of nitrogens with zero attached hydrogens (tertiary/aromatic N) is 1. The van der Waals surface area contributed by atoms with E-state index in [0.29, 0.717) is 0 Å². The average Bonchev–Trinajstić information content (AvgIpc) is 2.54. The summed E-state index contributed by atoms with van der Waals surface area (Å²) in [6, 6.07) is 0.